The van der Waals surface area contributed by atoms with Crippen molar-refractivity contribution in [2.24, 2.45) is 0 Å². The Morgan fingerprint density at radius 1 is 0.271 bits per heavy atom. The van der Waals surface area contributed by atoms with Crippen molar-refractivity contribution in [3.05, 3.63) is 84.9 Å². The van der Waals surface area contributed by atoms with E-state index >= 15 is 0 Å². The summed E-state index contributed by atoms with van der Waals surface area (Å²) in [6, 6.07) is 33.0. The molecule has 0 heterocycles. The Labute approximate surface area is 312 Å². The minimum Gasteiger partial charge on any atom is -1.00 e. The van der Waals surface area contributed by atoms with Crippen LogP contribution in [0.4, 0.5) is 22.7 Å². The molecule has 0 atom stereocenters. The smallest absolute Gasteiger partial charge is 0.132 e. The molecule has 0 amide bonds. The van der Waals surface area contributed by atoms with Crippen LogP contribution in [0.3, 0.4) is 0 Å². The van der Waals surface area contributed by atoms with Crippen molar-refractivity contribution >= 4 is 65.8 Å². The fourth-order valence-electron chi connectivity index (χ4n) is 6.38. The van der Waals surface area contributed by atoms with Crippen LogP contribution in [0.1, 0.15) is 0 Å². The maximum absolute atomic E-state index is 2.45. The molecule has 0 saturated heterocycles. The highest BCUT2D eigenvalue weighted by Gasteiger charge is 2.24. The number of hydrogen-bond acceptors (Lipinski definition) is 0. The van der Waals surface area contributed by atoms with Gasteiger partial charge in [-0.05, 0) is 115 Å². The van der Waals surface area contributed by atoms with Gasteiger partial charge in [0.25, 0.3) is 0 Å². The summed E-state index contributed by atoms with van der Waals surface area (Å²) in [4.78, 5) is 0. The highest BCUT2D eigenvalue weighted by Crippen LogP contribution is 2.47. The van der Waals surface area contributed by atoms with Gasteiger partial charge < -0.3 is 49.6 Å². The summed E-state index contributed by atoms with van der Waals surface area (Å²) in [7, 11) is 27.1. The van der Waals surface area contributed by atoms with Gasteiger partial charge in [0.05, 0.1) is 84.6 Å². The molecule has 48 heavy (non-hydrogen) atoms. The van der Waals surface area contributed by atoms with E-state index in [1.807, 2.05) is 0 Å². The number of quaternary nitrogens is 4. The summed E-state index contributed by atoms with van der Waals surface area (Å²) >= 11 is 0. The zero-order valence-electron chi connectivity index (χ0n) is 30.4. The molecular weight excluding hydrogens is 678 g/mol. The summed E-state index contributed by atoms with van der Waals surface area (Å²) in [6.07, 6.45) is 0. The lowest BCUT2D eigenvalue weighted by atomic mass is 9.85. The first-order valence-electron chi connectivity index (χ1n) is 15.6. The van der Waals surface area contributed by atoms with Crippen LogP contribution < -0.4 is 67.6 Å². The lowest BCUT2D eigenvalue weighted by Crippen LogP contribution is -3.00. The fraction of sp³-hybridized carbons (Fsp3) is 0.300. The van der Waals surface area contributed by atoms with Crippen molar-refractivity contribution < 1.29 is 49.6 Å². The van der Waals surface area contributed by atoms with Gasteiger partial charge in [-0.25, -0.2) is 0 Å². The van der Waals surface area contributed by atoms with E-state index in [-0.39, 0.29) is 49.6 Å². The van der Waals surface area contributed by atoms with Crippen molar-refractivity contribution in [2.45, 2.75) is 0 Å². The predicted molar refractivity (Wildman–Crippen MR) is 200 cm³/mol. The largest absolute Gasteiger partial charge is 1.00 e. The Balaban J connectivity index is 0.00000200. The first-order chi connectivity index (χ1) is 20.3. The molecule has 6 aromatic carbocycles. The topological polar surface area (TPSA) is 0 Å². The first-order valence-corrected chi connectivity index (χ1v) is 15.6. The monoisotopic (exact) mass is 726 g/mol. The van der Waals surface area contributed by atoms with Gasteiger partial charge in [0.1, 0.15) is 22.7 Å². The number of benzene rings is 6. The lowest BCUT2D eigenvalue weighted by Gasteiger charge is -2.27. The Bertz CT molecular complexity index is 1820. The van der Waals surface area contributed by atoms with E-state index in [1.54, 1.807) is 0 Å². The maximum Gasteiger partial charge on any atom is 0.132 e. The quantitative estimate of drug-likeness (QED) is 0.130. The third-order valence-electron chi connectivity index (χ3n) is 9.20. The highest BCUT2D eigenvalue weighted by atomic mass is 35.5. The second-order valence-electron chi connectivity index (χ2n) is 16.2. The predicted octanol–water partition coefficient (Wildman–Crippen LogP) is -3.23. The van der Waals surface area contributed by atoms with Gasteiger partial charge in [0.2, 0.25) is 0 Å². The molecule has 0 aliphatic heterocycles. The third-order valence-corrected chi connectivity index (χ3v) is 9.20. The van der Waals surface area contributed by atoms with Crippen LogP contribution >= 0.6 is 0 Å². The number of hydrogen-bond donors (Lipinski definition) is 0. The molecule has 0 unspecified atom stereocenters. The molecule has 0 spiro atoms. The van der Waals surface area contributed by atoms with Crippen LogP contribution in [0.25, 0.3) is 54.2 Å². The number of rotatable bonds is 5. The summed E-state index contributed by atoms with van der Waals surface area (Å²) in [5.74, 6) is 0. The number of halogens is 4. The van der Waals surface area contributed by atoms with Gasteiger partial charge in [-0.15, -0.1) is 0 Å². The SMILES string of the molecule is C[N+](C)(C)c1ccc2cc3ccc([N+](C)(C)C)cc3c(-c3c4cc([N+](C)(C)C)ccc4cc4ccc([N+](C)(C)C)cc34)c2c1.[Cl-].[Cl-].[Cl-].[Cl-]. The first kappa shape index (κ1) is 41.5. The van der Waals surface area contributed by atoms with Gasteiger partial charge in [-0.2, -0.15) is 0 Å². The van der Waals surface area contributed by atoms with Gasteiger partial charge >= 0.3 is 0 Å². The molecule has 258 valence electrons. The summed E-state index contributed by atoms with van der Waals surface area (Å²) in [5.41, 5.74) is 7.84. The summed E-state index contributed by atoms with van der Waals surface area (Å²) < 4.78 is 3.06. The molecule has 0 aliphatic carbocycles. The van der Waals surface area contributed by atoms with E-state index in [0.29, 0.717) is 0 Å². The van der Waals surface area contributed by atoms with Crippen molar-refractivity contribution in [1.82, 2.24) is 17.9 Å². The van der Waals surface area contributed by atoms with E-state index < -0.39 is 0 Å². The third kappa shape index (κ3) is 7.57. The average Bonchev–Trinajstić information content (AvgIpc) is 2.91. The molecular formula is C40H50Cl4N4. The second-order valence-corrected chi connectivity index (χ2v) is 16.2. The molecule has 0 saturated carbocycles. The molecule has 0 fully saturated rings. The second kappa shape index (κ2) is 13.9. The lowest BCUT2D eigenvalue weighted by molar-refractivity contribution is -0.00100. The average molecular weight is 729 g/mol. The number of fused-ring (bicyclic) bond motifs is 4. The standard InChI is InChI=1S/C40H50N4.4ClH/c1-41(2,3)31-17-13-27-21-28-14-18-32(42(4,5)6)24-36(28)39(35(27)23-31)40-37-25-33(43(7,8)9)19-15-29(37)22-30-16-20-34(26-38(30)40)44(10,11)12;;;;/h13-26H,1-12H3;4*1H/q+4;;;;/p-4. The minimum atomic E-state index is 0. The van der Waals surface area contributed by atoms with Gasteiger partial charge in [-0.1, -0.05) is 0 Å². The normalized spacial score (nSPS) is 12.3. The Hall–Kier alpha value is -2.64. The van der Waals surface area contributed by atoms with Gasteiger partial charge in [0, 0.05) is 24.3 Å². The zero-order valence-corrected chi connectivity index (χ0v) is 33.4. The van der Waals surface area contributed by atoms with Crippen molar-refractivity contribution in [1.29, 1.82) is 0 Å². The van der Waals surface area contributed by atoms with E-state index in [9.17, 15) is 0 Å². The molecule has 4 nitrogen and oxygen atoms in total. The molecule has 0 N–H and O–H groups in total. The molecule has 0 bridgehead atoms. The van der Waals surface area contributed by atoms with E-state index in [1.165, 1.54) is 77.0 Å². The van der Waals surface area contributed by atoms with Crippen molar-refractivity contribution in [3.63, 3.8) is 0 Å². The fourth-order valence-corrected chi connectivity index (χ4v) is 6.38. The molecule has 6 rings (SSSR count). The Morgan fingerprint density at radius 3 is 0.625 bits per heavy atom. The molecule has 0 aromatic heterocycles. The van der Waals surface area contributed by atoms with Crippen LogP contribution in [0.15, 0.2) is 84.9 Å². The molecule has 6 aromatic rings. The summed E-state index contributed by atoms with van der Waals surface area (Å²) in [5, 5.41) is 10.3. The summed E-state index contributed by atoms with van der Waals surface area (Å²) in [6.45, 7) is 0. The van der Waals surface area contributed by atoms with E-state index in [4.69, 9.17) is 0 Å². The van der Waals surface area contributed by atoms with Crippen LogP contribution in [0, 0.1) is 0 Å². The number of nitrogens with zero attached hydrogens (tertiary/aromatic N) is 4. The maximum atomic E-state index is 2.45. The minimum absolute atomic E-state index is 0. The van der Waals surface area contributed by atoms with Crippen LogP contribution in [-0.2, 0) is 0 Å². The van der Waals surface area contributed by atoms with E-state index in [2.05, 4.69) is 170 Å². The molecule has 0 aliphatic rings. The van der Waals surface area contributed by atoms with Gasteiger partial charge in [-0.3, -0.25) is 17.9 Å². The highest BCUT2D eigenvalue weighted by molar-refractivity contribution is 6.24. The Morgan fingerprint density at radius 2 is 0.458 bits per heavy atom. The molecule has 8 heteroatoms. The van der Waals surface area contributed by atoms with Crippen molar-refractivity contribution in [3.8, 4) is 11.1 Å². The zero-order chi connectivity index (χ0) is 32.0. The van der Waals surface area contributed by atoms with Crippen LogP contribution in [0.5, 0.6) is 0 Å². The van der Waals surface area contributed by atoms with Crippen LogP contribution in [-0.4, -0.2) is 84.6 Å². The van der Waals surface area contributed by atoms with E-state index in [0.717, 1.165) is 17.9 Å². The van der Waals surface area contributed by atoms with Crippen molar-refractivity contribution in [2.75, 3.05) is 84.6 Å². The van der Waals surface area contributed by atoms with Gasteiger partial charge in [0.15, 0.2) is 0 Å². The van der Waals surface area contributed by atoms with Crippen LogP contribution in [0.2, 0.25) is 0 Å². The molecule has 0 radical (unpaired) electrons. The Kier molecular flexibility index (Phi) is 12.1.